The number of hydrogen-bond acceptors (Lipinski definition) is 3. The monoisotopic (exact) mass is 296 g/mol. The van der Waals surface area contributed by atoms with E-state index in [0.717, 1.165) is 28.1 Å². The average molecular weight is 296 g/mol. The minimum atomic E-state index is -0.564. The third-order valence-corrected chi connectivity index (χ3v) is 4.25. The second kappa shape index (κ2) is 6.41. The number of rotatable bonds is 5. The Hall–Kier alpha value is -1.33. The maximum Gasteiger partial charge on any atom is 0.131 e. The number of aryl methyl sites for hydroxylation is 2. The quantitative estimate of drug-likeness (QED) is 0.902. The van der Waals surface area contributed by atoms with Gasteiger partial charge in [0.25, 0.3) is 0 Å². The van der Waals surface area contributed by atoms with Gasteiger partial charge in [0.1, 0.15) is 16.6 Å². The van der Waals surface area contributed by atoms with Gasteiger partial charge in [0.05, 0.1) is 11.7 Å². The van der Waals surface area contributed by atoms with E-state index in [2.05, 4.69) is 10.3 Å². The van der Waals surface area contributed by atoms with Crippen molar-refractivity contribution in [2.24, 2.45) is 0 Å². The summed E-state index contributed by atoms with van der Waals surface area (Å²) < 4.78 is 27.0. The minimum Gasteiger partial charge on any atom is -0.304 e. The first-order valence-electron chi connectivity index (χ1n) is 6.71. The summed E-state index contributed by atoms with van der Waals surface area (Å²) in [5.41, 5.74) is 1.47. The van der Waals surface area contributed by atoms with Crippen molar-refractivity contribution in [3.63, 3.8) is 0 Å². The van der Waals surface area contributed by atoms with Crippen LogP contribution in [0.5, 0.6) is 0 Å². The molecule has 2 rings (SSSR count). The zero-order valence-corrected chi connectivity index (χ0v) is 12.7. The Labute approximate surface area is 121 Å². The fraction of sp³-hybridized carbons (Fsp3) is 0.400. The van der Waals surface area contributed by atoms with Crippen molar-refractivity contribution < 1.29 is 8.78 Å². The largest absolute Gasteiger partial charge is 0.304 e. The average Bonchev–Trinajstić information content (AvgIpc) is 2.78. The van der Waals surface area contributed by atoms with Crippen LogP contribution in [0.4, 0.5) is 8.78 Å². The third kappa shape index (κ3) is 3.04. The van der Waals surface area contributed by atoms with Crippen LogP contribution in [0, 0.1) is 18.6 Å². The Kier molecular flexibility index (Phi) is 4.83. The van der Waals surface area contributed by atoms with Crippen LogP contribution in [-0.4, -0.2) is 11.5 Å². The lowest BCUT2D eigenvalue weighted by Gasteiger charge is -2.16. The van der Waals surface area contributed by atoms with E-state index in [1.165, 1.54) is 12.1 Å². The van der Waals surface area contributed by atoms with Crippen molar-refractivity contribution in [3.05, 3.63) is 51.0 Å². The lowest BCUT2D eigenvalue weighted by molar-refractivity contribution is 0.539. The predicted octanol–water partition coefficient (Wildman–Crippen LogP) is 3.99. The van der Waals surface area contributed by atoms with Gasteiger partial charge >= 0.3 is 0 Å². The van der Waals surface area contributed by atoms with Crippen molar-refractivity contribution in [1.82, 2.24) is 10.3 Å². The summed E-state index contributed by atoms with van der Waals surface area (Å²) in [5.74, 6) is -1.10. The number of thiazole rings is 1. The Bertz CT molecular complexity index is 596. The summed E-state index contributed by atoms with van der Waals surface area (Å²) in [6, 6.07) is 3.36. The molecule has 0 fully saturated rings. The van der Waals surface area contributed by atoms with E-state index in [1.54, 1.807) is 11.3 Å². The van der Waals surface area contributed by atoms with Gasteiger partial charge in [-0.15, -0.1) is 11.3 Å². The molecule has 0 aliphatic carbocycles. The van der Waals surface area contributed by atoms with Gasteiger partial charge in [-0.1, -0.05) is 19.9 Å². The number of halogens is 2. The highest BCUT2D eigenvalue weighted by molar-refractivity contribution is 7.11. The summed E-state index contributed by atoms with van der Waals surface area (Å²) in [6.45, 7) is 6.70. The van der Waals surface area contributed by atoms with Gasteiger partial charge in [0.15, 0.2) is 0 Å². The van der Waals surface area contributed by atoms with Crippen molar-refractivity contribution in [2.75, 3.05) is 6.54 Å². The van der Waals surface area contributed by atoms with Crippen LogP contribution in [0.2, 0.25) is 0 Å². The molecule has 0 saturated heterocycles. The highest BCUT2D eigenvalue weighted by atomic mass is 32.1. The van der Waals surface area contributed by atoms with Crippen LogP contribution in [-0.2, 0) is 6.42 Å². The predicted molar refractivity (Wildman–Crippen MR) is 78.1 cm³/mol. The first-order chi connectivity index (χ1) is 9.56. The molecule has 1 aromatic carbocycles. The van der Waals surface area contributed by atoms with Crippen molar-refractivity contribution >= 4 is 11.3 Å². The number of nitrogens with zero attached hydrogens (tertiary/aromatic N) is 1. The highest BCUT2D eigenvalue weighted by Gasteiger charge is 2.21. The van der Waals surface area contributed by atoms with E-state index in [1.807, 2.05) is 20.8 Å². The van der Waals surface area contributed by atoms with Crippen LogP contribution >= 0.6 is 11.3 Å². The molecule has 20 heavy (non-hydrogen) atoms. The van der Waals surface area contributed by atoms with E-state index in [4.69, 9.17) is 0 Å². The number of aromatic nitrogens is 1. The molecule has 1 heterocycles. The van der Waals surface area contributed by atoms with Crippen molar-refractivity contribution in [2.45, 2.75) is 33.2 Å². The summed E-state index contributed by atoms with van der Waals surface area (Å²) in [5, 5.41) is 4.05. The molecule has 0 spiro atoms. The standard InChI is InChI=1S/C15H18F2N2S/c1-4-13-9(3)20-15(19-13)14(18-5-2)11-7-6-10(16)8-12(11)17/h6-8,14,18H,4-5H2,1-3H3. The number of hydrogen-bond donors (Lipinski definition) is 1. The Balaban J connectivity index is 2.44. The molecule has 1 N–H and O–H groups in total. The van der Waals surface area contributed by atoms with E-state index in [-0.39, 0.29) is 6.04 Å². The summed E-state index contributed by atoms with van der Waals surface area (Å²) >= 11 is 1.56. The molecular formula is C15H18F2N2S. The fourth-order valence-electron chi connectivity index (χ4n) is 2.17. The molecule has 1 unspecified atom stereocenters. The zero-order chi connectivity index (χ0) is 14.7. The third-order valence-electron chi connectivity index (χ3n) is 3.17. The van der Waals surface area contributed by atoms with E-state index < -0.39 is 11.6 Å². The van der Waals surface area contributed by atoms with Crippen molar-refractivity contribution in [3.8, 4) is 0 Å². The van der Waals surface area contributed by atoms with Crippen molar-refractivity contribution in [1.29, 1.82) is 0 Å². The Morgan fingerprint density at radius 1 is 1.30 bits per heavy atom. The number of nitrogens with one attached hydrogen (secondary N) is 1. The molecule has 2 nitrogen and oxygen atoms in total. The van der Waals surface area contributed by atoms with Gasteiger partial charge in [-0.05, 0) is 26.0 Å². The normalized spacial score (nSPS) is 12.7. The maximum atomic E-state index is 14.0. The van der Waals surface area contributed by atoms with E-state index in [0.29, 0.717) is 12.1 Å². The van der Waals surface area contributed by atoms with Gasteiger partial charge in [-0.2, -0.15) is 0 Å². The molecule has 108 valence electrons. The Morgan fingerprint density at radius 2 is 2.05 bits per heavy atom. The highest BCUT2D eigenvalue weighted by Crippen LogP contribution is 2.30. The fourth-order valence-corrected chi connectivity index (χ4v) is 3.28. The molecule has 0 saturated carbocycles. The second-order valence-corrected chi connectivity index (χ2v) is 5.80. The van der Waals surface area contributed by atoms with E-state index >= 15 is 0 Å². The lowest BCUT2D eigenvalue weighted by atomic mass is 10.1. The molecule has 5 heteroatoms. The first-order valence-corrected chi connectivity index (χ1v) is 7.53. The van der Waals surface area contributed by atoms with Gasteiger partial charge in [-0.25, -0.2) is 13.8 Å². The molecule has 0 bridgehead atoms. The lowest BCUT2D eigenvalue weighted by Crippen LogP contribution is -2.23. The van der Waals surface area contributed by atoms with Crippen LogP contribution in [0.1, 0.15) is 41.0 Å². The second-order valence-electron chi connectivity index (χ2n) is 4.57. The van der Waals surface area contributed by atoms with Crippen LogP contribution in [0.15, 0.2) is 18.2 Å². The summed E-state index contributed by atoms with van der Waals surface area (Å²) in [4.78, 5) is 5.73. The molecular weight excluding hydrogens is 278 g/mol. The summed E-state index contributed by atoms with van der Waals surface area (Å²) in [7, 11) is 0. The molecule has 0 radical (unpaired) electrons. The molecule has 1 atom stereocenters. The molecule has 0 aliphatic heterocycles. The van der Waals surface area contributed by atoms with Crippen LogP contribution in [0.3, 0.4) is 0 Å². The summed E-state index contributed by atoms with van der Waals surface area (Å²) in [6.07, 6.45) is 0.854. The van der Waals surface area contributed by atoms with Crippen LogP contribution in [0.25, 0.3) is 0 Å². The Morgan fingerprint density at radius 3 is 2.60 bits per heavy atom. The molecule has 0 aliphatic rings. The van der Waals surface area contributed by atoms with Gasteiger partial charge < -0.3 is 5.32 Å². The van der Waals surface area contributed by atoms with E-state index in [9.17, 15) is 8.78 Å². The molecule has 1 aromatic heterocycles. The van der Waals surface area contributed by atoms with Gasteiger partial charge in [0.2, 0.25) is 0 Å². The maximum absolute atomic E-state index is 14.0. The number of benzene rings is 1. The molecule has 0 amide bonds. The SMILES string of the molecule is CCNC(c1nc(CC)c(C)s1)c1ccc(F)cc1F. The topological polar surface area (TPSA) is 24.9 Å². The smallest absolute Gasteiger partial charge is 0.131 e. The van der Waals surface area contributed by atoms with Crippen LogP contribution < -0.4 is 5.32 Å². The zero-order valence-electron chi connectivity index (χ0n) is 11.8. The molecule has 2 aromatic rings. The first kappa shape index (κ1) is 15.1. The minimum absolute atomic E-state index is 0.329. The van der Waals surface area contributed by atoms with Gasteiger partial charge in [-0.3, -0.25) is 0 Å². The van der Waals surface area contributed by atoms with Gasteiger partial charge in [0, 0.05) is 16.5 Å².